The van der Waals surface area contributed by atoms with Crippen molar-refractivity contribution in [2.45, 2.75) is 59.5 Å². The molecular formula is C29H37BrN2O6S. The zero-order valence-corrected chi connectivity index (χ0v) is 24.9. The SMILES string of the molecule is C=CCCCCOC(=O)[C@H]1[C@@H]2SC3(CC2Br)C(C(=O)N(CC=C)c2ccc(OC)cc2)N([C@H](C)CO)C(=O)[C@H]13. The maximum Gasteiger partial charge on any atom is 0.310 e. The lowest BCUT2D eigenvalue weighted by atomic mass is 9.71. The summed E-state index contributed by atoms with van der Waals surface area (Å²) in [5.41, 5.74) is 0.646. The van der Waals surface area contributed by atoms with E-state index in [-0.39, 0.29) is 41.6 Å². The molecule has 1 spiro atoms. The number of anilines is 1. The van der Waals surface area contributed by atoms with Crippen LogP contribution in [-0.2, 0) is 19.1 Å². The van der Waals surface area contributed by atoms with Crippen LogP contribution in [0, 0.1) is 11.8 Å². The lowest BCUT2D eigenvalue weighted by molar-refractivity contribution is -0.154. The van der Waals surface area contributed by atoms with Crippen molar-refractivity contribution in [1.82, 2.24) is 4.90 Å². The Kier molecular flexibility index (Phi) is 9.49. The van der Waals surface area contributed by atoms with Gasteiger partial charge in [-0.15, -0.1) is 24.9 Å². The molecule has 3 aliphatic heterocycles. The van der Waals surface area contributed by atoms with Gasteiger partial charge < -0.3 is 24.4 Å². The number of hydrogen-bond donors (Lipinski definition) is 1. The van der Waals surface area contributed by atoms with E-state index >= 15 is 0 Å². The third kappa shape index (κ3) is 5.27. The van der Waals surface area contributed by atoms with E-state index in [4.69, 9.17) is 9.47 Å². The van der Waals surface area contributed by atoms with Crippen LogP contribution >= 0.6 is 27.7 Å². The Hall–Kier alpha value is -2.30. The Morgan fingerprint density at radius 2 is 2.00 bits per heavy atom. The first-order valence-electron chi connectivity index (χ1n) is 13.3. The molecule has 2 amide bonds. The number of halogens is 1. The van der Waals surface area contributed by atoms with E-state index in [1.807, 2.05) is 6.08 Å². The second kappa shape index (κ2) is 12.5. The van der Waals surface area contributed by atoms with Crippen LogP contribution in [0.25, 0.3) is 0 Å². The maximum absolute atomic E-state index is 14.5. The lowest BCUT2D eigenvalue weighted by Crippen LogP contribution is -2.57. The second-order valence-electron chi connectivity index (χ2n) is 10.3. The predicted molar refractivity (Wildman–Crippen MR) is 156 cm³/mol. The summed E-state index contributed by atoms with van der Waals surface area (Å²) in [6.07, 6.45) is 6.47. The van der Waals surface area contributed by atoms with Gasteiger partial charge in [-0.3, -0.25) is 14.4 Å². The van der Waals surface area contributed by atoms with E-state index < -0.39 is 34.6 Å². The van der Waals surface area contributed by atoms with E-state index in [0.717, 1.165) is 19.3 Å². The van der Waals surface area contributed by atoms with Gasteiger partial charge in [0, 0.05) is 22.3 Å². The van der Waals surface area contributed by atoms with Gasteiger partial charge in [0.05, 0.1) is 42.9 Å². The number of rotatable bonds is 13. The van der Waals surface area contributed by atoms with Crippen molar-refractivity contribution in [1.29, 1.82) is 0 Å². The molecule has 4 rings (SSSR count). The fourth-order valence-electron chi connectivity index (χ4n) is 6.20. The number of aliphatic hydroxyl groups excluding tert-OH is 1. The first-order valence-corrected chi connectivity index (χ1v) is 15.1. The molecule has 0 aliphatic carbocycles. The largest absolute Gasteiger partial charge is 0.497 e. The highest BCUT2D eigenvalue weighted by molar-refractivity contribution is 9.09. The molecule has 0 aromatic heterocycles. The zero-order chi connectivity index (χ0) is 28.3. The quantitative estimate of drug-likeness (QED) is 0.154. The van der Waals surface area contributed by atoms with Gasteiger partial charge in [0.1, 0.15) is 11.8 Å². The van der Waals surface area contributed by atoms with E-state index in [2.05, 4.69) is 29.1 Å². The van der Waals surface area contributed by atoms with Crippen molar-refractivity contribution in [3.8, 4) is 5.75 Å². The van der Waals surface area contributed by atoms with Crippen molar-refractivity contribution >= 4 is 51.2 Å². The Morgan fingerprint density at radius 3 is 2.62 bits per heavy atom. The molecule has 1 N–H and O–H groups in total. The molecule has 3 heterocycles. The second-order valence-corrected chi connectivity index (χ2v) is 13.0. The summed E-state index contributed by atoms with van der Waals surface area (Å²) in [6, 6.07) is 5.69. The lowest BCUT2D eigenvalue weighted by Gasteiger charge is -2.39. The van der Waals surface area contributed by atoms with Crippen molar-refractivity contribution in [2.75, 3.05) is 31.8 Å². The Bertz CT molecular complexity index is 1100. The van der Waals surface area contributed by atoms with Gasteiger partial charge >= 0.3 is 5.97 Å². The summed E-state index contributed by atoms with van der Waals surface area (Å²) >= 11 is 5.31. The van der Waals surface area contributed by atoms with Crippen molar-refractivity contribution in [2.24, 2.45) is 11.8 Å². The van der Waals surface area contributed by atoms with Crippen LogP contribution in [0.15, 0.2) is 49.6 Å². The topological polar surface area (TPSA) is 96.4 Å². The highest BCUT2D eigenvalue weighted by Gasteiger charge is 2.76. The molecule has 0 saturated carbocycles. The predicted octanol–water partition coefficient (Wildman–Crippen LogP) is 3.96. The van der Waals surface area contributed by atoms with Gasteiger partial charge in [0.2, 0.25) is 5.91 Å². The standard InChI is InChI=1S/C29H37BrN2O6S/c1-5-7-8-9-15-38-28(36)22-23-26(34)32(18(3)17-33)25(29(23)16-21(30)24(22)39-29)27(35)31(14-6-2)19-10-12-20(37-4)13-11-19/h5-6,10-13,18,21-25,33H,1-2,7-9,14-17H2,3-4H3/t18-,21?,22-,23+,24-,25?,29?/m1/s1. The summed E-state index contributed by atoms with van der Waals surface area (Å²) in [6.45, 7) is 9.51. The summed E-state index contributed by atoms with van der Waals surface area (Å²) in [5, 5.41) is 9.93. The number of nitrogens with zero attached hydrogens (tertiary/aromatic N) is 2. The fourth-order valence-corrected chi connectivity index (χ4v) is 9.78. The molecule has 8 nitrogen and oxygen atoms in total. The number of fused-ring (bicyclic) bond motifs is 1. The van der Waals surface area contributed by atoms with E-state index in [1.54, 1.807) is 61.0 Å². The molecule has 3 fully saturated rings. The number of alkyl halides is 1. The van der Waals surface area contributed by atoms with E-state index in [9.17, 15) is 19.5 Å². The molecule has 7 atom stereocenters. The molecule has 3 unspecified atom stereocenters. The van der Waals surface area contributed by atoms with Crippen molar-refractivity contribution in [3.05, 3.63) is 49.6 Å². The molecule has 212 valence electrons. The van der Waals surface area contributed by atoms with Crippen LogP contribution in [0.2, 0.25) is 0 Å². The van der Waals surface area contributed by atoms with Gasteiger partial charge in [-0.2, -0.15) is 0 Å². The number of methoxy groups -OCH3 is 1. The highest BCUT2D eigenvalue weighted by Crippen LogP contribution is 2.68. The molecule has 0 radical (unpaired) electrons. The minimum absolute atomic E-state index is 0.0570. The van der Waals surface area contributed by atoms with Crippen LogP contribution in [0.3, 0.4) is 0 Å². The van der Waals surface area contributed by atoms with Crippen LogP contribution in [0.5, 0.6) is 5.75 Å². The van der Waals surface area contributed by atoms with Gasteiger partial charge in [-0.05, 0) is 56.9 Å². The van der Waals surface area contributed by atoms with Crippen LogP contribution in [-0.4, -0.2) is 81.6 Å². The monoisotopic (exact) mass is 620 g/mol. The zero-order valence-electron chi connectivity index (χ0n) is 22.5. The number of carbonyl (C=O) groups is 3. The van der Waals surface area contributed by atoms with Crippen LogP contribution < -0.4 is 9.64 Å². The van der Waals surface area contributed by atoms with Crippen molar-refractivity contribution in [3.63, 3.8) is 0 Å². The average molecular weight is 622 g/mol. The van der Waals surface area contributed by atoms with Crippen LogP contribution in [0.1, 0.15) is 32.6 Å². The molecule has 39 heavy (non-hydrogen) atoms. The average Bonchev–Trinajstić information content (AvgIpc) is 3.54. The summed E-state index contributed by atoms with van der Waals surface area (Å²) in [5.74, 6) is -1.63. The molecule has 3 saturated heterocycles. The number of amides is 2. The number of unbranched alkanes of at least 4 members (excludes halogenated alkanes) is 2. The molecular weight excluding hydrogens is 584 g/mol. The van der Waals surface area contributed by atoms with Gasteiger partial charge in [0.25, 0.3) is 5.91 Å². The number of esters is 1. The molecule has 1 aromatic rings. The summed E-state index contributed by atoms with van der Waals surface area (Å²) in [7, 11) is 1.58. The smallest absolute Gasteiger partial charge is 0.310 e. The number of benzene rings is 1. The molecule has 2 bridgehead atoms. The van der Waals surface area contributed by atoms with Crippen LogP contribution in [0.4, 0.5) is 5.69 Å². The number of allylic oxidation sites excluding steroid dienone is 1. The minimum Gasteiger partial charge on any atom is -0.497 e. The molecule has 1 aromatic carbocycles. The number of thioether (sulfide) groups is 1. The first-order chi connectivity index (χ1) is 18.7. The fraction of sp³-hybridized carbons (Fsp3) is 0.552. The third-order valence-electron chi connectivity index (χ3n) is 7.98. The third-order valence-corrected chi connectivity index (χ3v) is 11.2. The number of hydrogen-bond acceptors (Lipinski definition) is 7. The normalized spacial score (nSPS) is 29.6. The number of likely N-dealkylation sites (tertiary alicyclic amines) is 1. The Labute approximate surface area is 242 Å². The number of carbonyl (C=O) groups excluding carboxylic acids is 3. The van der Waals surface area contributed by atoms with Gasteiger partial charge in [0.15, 0.2) is 0 Å². The Morgan fingerprint density at radius 1 is 1.28 bits per heavy atom. The highest BCUT2D eigenvalue weighted by atomic mass is 79.9. The van der Waals surface area contributed by atoms with Gasteiger partial charge in [-0.1, -0.05) is 28.1 Å². The van der Waals surface area contributed by atoms with Gasteiger partial charge in [-0.25, -0.2) is 0 Å². The first kappa shape index (κ1) is 29.7. The Balaban J connectivity index is 1.69. The maximum atomic E-state index is 14.5. The number of ether oxygens (including phenoxy) is 2. The molecule has 10 heteroatoms. The summed E-state index contributed by atoms with van der Waals surface area (Å²) < 4.78 is 10.1. The summed E-state index contributed by atoms with van der Waals surface area (Å²) in [4.78, 5) is 45.0. The minimum atomic E-state index is -0.861. The van der Waals surface area contributed by atoms with E-state index in [0.29, 0.717) is 17.9 Å². The molecule has 3 aliphatic rings. The van der Waals surface area contributed by atoms with E-state index in [1.165, 1.54) is 4.90 Å². The number of aliphatic hydroxyl groups is 1. The van der Waals surface area contributed by atoms with Crippen molar-refractivity contribution < 1.29 is 29.0 Å².